The van der Waals surface area contributed by atoms with Crippen molar-refractivity contribution in [2.45, 2.75) is 19.9 Å². The molecule has 0 atom stereocenters. The quantitative estimate of drug-likeness (QED) is 0.759. The Hall–Kier alpha value is -2.14. The van der Waals surface area contributed by atoms with Gasteiger partial charge >= 0.3 is 0 Å². The Bertz CT molecular complexity index is 547. The summed E-state index contributed by atoms with van der Waals surface area (Å²) in [6.45, 7) is 2.32. The Morgan fingerprint density at radius 3 is 2.72 bits per heavy atom. The van der Waals surface area contributed by atoms with Gasteiger partial charge in [-0.1, -0.05) is 24.3 Å². The maximum absolute atomic E-state index is 11.9. The number of carbonyl (C=O) groups is 1. The number of nitrogens with two attached hydrogens (primary N) is 1. The van der Waals surface area contributed by atoms with Crippen LogP contribution in [0.5, 0.6) is 0 Å². The van der Waals surface area contributed by atoms with Crippen LogP contribution in [0.1, 0.15) is 16.7 Å². The first-order valence-electron chi connectivity index (χ1n) is 5.77. The molecular formula is C13H16N4O. The molecule has 0 bridgehead atoms. The van der Waals surface area contributed by atoms with E-state index in [4.69, 9.17) is 5.73 Å². The molecule has 0 spiro atoms. The molecule has 1 heterocycles. The number of aromatic nitrogens is 2. The average Bonchev–Trinajstić information content (AvgIpc) is 2.75. The molecule has 1 amide bonds. The third-order valence-electron chi connectivity index (χ3n) is 2.78. The zero-order valence-electron chi connectivity index (χ0n) is 10.2. The minimum absolute atomic E-state index is 0.0803. The third kappa shape index (κ3) is 2.75. The lowest BCUT2D eigenvalue weighted by atomic mass is 10.0. The van der Waals surface area contributed by atoms with Crippen LogP contribution >= 0.6 is 0 Å². The van der Waals surface area contributed by atoms with Crippen molar-refractivity contribution in [1.82, 2.24) is 10.2 Å². The molecule has 4 N–H and O–H groups in total. The lowest BCUT2D eigenvalue weighted by molar-refractivity contribution is -0.115. The van der Waals surface area contributed by atoms with Gasteiger partial charge in [-0.2, -0.15) is 5.10 Å². The Kier molecular flexibility index (Phi) is 3.74. The fourth-order valence-electron chi connectivity index (χ4n) is 1.76. The number of hydrogen-bond donors (Lipinski definition) is 3. The highest BCUT2D eigenvalue weighted by atomic mass is 16.1. The number of H-pyrrole nitrogens is 1. The smallest absolute Gasteiger partial charge is 0.229 e. The van der Waals surface area contributed by atoms with Crippen LogP contribution in [0, 0.1) is 6.92 Å². The molecule has 0 unspecified atom stereocenters. The molecule has 0 aliphatic carbocycles. The summed E-state index contributed by atoms with van der Waals surface area (Å²) < 4.78 is 0. The van der Waals surface area contributed by atoms with Crippen molar-refractivity contribution in [2.24, 2.45) is 5.73 Å². The molecule has 0 saturated carbocycles. The van der Waals surface area contributed by atoms with Crippen molar-refractivity contribution >= 4 is 11.7 Å². The molecule has 0 fully saturated rings. The Morgan fingerprint density at radius 2 is 2.11 bits per heavy atom. The predicted molar refractivity (Wildman–Crippen MR) is 70.0 cm³/mol. The van der Waals surface area contributed by atoms with Gasteiger partial charge in [0.2, 0.25) is 5.91 Å². The van der Waals surface area contributed by atoms with E-state index in [1.807, 2.05) is 31.2 Å². The highest BCUT2D eigenvalue weighted by Crippen LogP contribution is 2.12. The molecule has 0 aliphatic rings. The fraction of sp³-hybridized carbons (Fsp3) is 0.231. The summed E-state index contributed by atoms with van der Waals surface area (Å²) in [4.78, 5) is 11.9. The molecule has 2 aromatic rings. The average molecular weight is 244 g/mol. The van der Waals surface area contributed by atoms with E-state index in [1.54, 1.807) is 6.20 Å². The Morgan fingerprint density at radius 1 is 1.39 bits per heavy atom. The standard InChI is InChI=1S/C13H16N4O/c1-9-8-15-17-13(9)16-12(18)6-10-4-2-3-5-11(10)7-14/h2-5,8H,6-7,14H2,1H3,(H2,15,16,17,18). The van der Waals surface area contributed by atoms with E-state index in [-0.39, 0.29) is 5.91 Å². The number of hydrogen-bond acceptors (Lipinski definition) is 3. The van der Waals surface area contributed by atoms with Crippen molar-refractivity contribution in [2.75, 3.05) is 5.32 Å². The van der Waals surface area contributed by atoms with Gasteiger partial charge in [0.25, 0.3) is 0 Å². The summed E-state index contributed by atoms with van der Waals surface area (Å²) in [6.07, 6.45) is 1.98. The van der Waals surface area contributed by atoms with Crippen LogP contribution in [0.15, 0.2) is 30.5 Å². The SMILES string of the molecule is Cc1cn[nH]c1NC(=O)Cc1ccccc1CN. The van der Waals surface area contributed by atoms with Crippen LogP contribution in [0.25, 0.3) is 0 Å². The second-order valence-corrected chi connectivity index (χ2v) is 4.13. The maximum Gasteiger partial charge on any atom is 0.229 e. The lowest BCUT2D eigenvalue weighted by Crippen LogP contribution is -2.16. The fourth-order valence-corrected chi connectivity index (χ4v) is 1.76. The number of benzene rings is 1. The van der Waals surface area contributed by atoms with Gasteiger partial charge in [0.05, 0.1) is 12.6 Å². The zero-order chi connectivity index (χ0) is 13.0. The molecule has 18 heavy (non-hydrogen) atoms. The molecular weight excluding hydrogens is 228 g/mol. The maximum atomic E-state index is 11.9. The summed E-state index contributed by atoms with van der Waals surface area (Å²) >= 11 is 0. The molecule has 1 aromatic carbocycles. The number of carbonyl (C=O) groups excluding carboxylic acids is 1. The number of amides is 1. The summed E-state index contributed by atoms with van der Waals surface area (Å²) in [6, 6.07) is 7.68. The molecule has 5 nitrogen and oxygen atoms in total. The second kappa shape index (κ2) is 5.46. The van der Waals surface area contributed by atoms with Crippen molar-refractivity contribution in [3.05, 3.63) is 47.2 Å². The van der Waals surface area contributed by atoms with Crippen molar-refractivity contribution < 1.29 is 4.79 Å². The van der Waals surface area contributed by atoms with Gasteiger partial charge in [-0.25, -0.2) is 0 Å². The van der Waals surface area contributed by atoms with Crippen LogP contribution in [-0.2, 0) is 17.8 Å². The predicted octanol–water partition coefficient (Wildman–Crippen LogP) is 1.36. The second-order valence-electron chi connectivity index (χ2n) is 4.13. The van der Waals surface area contributed by atoms with Gasteiger partial charge < -0.3 is 11.1 Å². The monoisotopic (exact) mass is 244 g/mol. The molecule has 0 saturated heterocycles. The van der Waals surface area contributed by atoms with Gasteiger partial charge in [-0.3, -0.25) is 9.89 Å². The summed E-state index contributed by atoms with van der Waals surface area (Å²) in [5.74, 6) is 0.563. The van der Waals surface area contributed by atoms with E-state index < -0.39 is 0 Å². The summed E-state index contributed by atoms with van der Waals surface area (Å²) in [7, 11) is 0. The lowest BCUT2D eigenvalue weighted by Gasteiger charge is -2.07. The van der Waals surface area contributed by atoms with Gasteiger partial charge in [0.1, 0.15) is 5.82 Å². The van der Waals surface area contributed by atoms with Crippen LogP contribution in [0.4, 0.5) is 5.82 Å². The van der Waals surface area contributed by atoms with Crippen molar-refractivity contribution in [3.8, 4) is 0 Å². The third-order valence-corrected chi connectivity index (χ3v) is 2.78. The number of anilines is 1. The van der Waals surface area contributed by atoms with Crippen LogP contribution in [0.2, 0.25) is 0 Å². The number of nitrogens with zero attached hydrogens (tertiary/aromatic N) is 1. The number of aryl methyl sites for hydroxylation is 1. The van der Waals surface area contributed by atoms with Gasteiger partial charge in [-0.05, 0) is 18.1 Å². The summed E-state index contributed by atoms with van der Waals surface area (Å²) in [5.41, 5.74) is 8.50. The first-order chi connectivity index (χ1) is 8.70. The van der Waals surface area contributed by atoms with Crippen LogP contribution in [-0.4, -0.2) is 16.1 Å². The van der Waals surface area contributed by atoms with E-state index in [9.17, 15) is 4.79 Å². The molecule has 1 aromatic heterocycles. The number of nitrogens with one attached hydrogen (secondary N) is 2. The van der Waals surface area contributed by atoms with E-state index in [0.29, 0.717) is 18.8 Å². The Balaban J connectivity index is 2.05. The largest absolute Gasteiger partial charge is 0.326 e. The van der Waals surface area contributed by atoms with Crippen LogP contribution < -0.4 is 11.1 Å². The molecule has 5 heteroatoms. The molecule has 0 radical (unpaired) electrons. The van der Waals surface area contributed by atoms with E-state index in [0.717, 1.165) is 16.7 Å². The highest BCUT2D eigenvalue weighted by Gasteiger charge is 2.09. The minimum Gasteiger partial charge on any atom is -0.326 e. The van der Waals surface area contributed by atoms with Crippen LogP contribution in [0.3, 0.4) is 0 Å². The minimum atomic E-state index is -0.0803. The zero-order valence-corrected chi connectivity index (χ0v) is 10.2. The first-order valence-corrected chi connectivity index (χ1v) is 5.77. The van der Waals surface area contributed by atoms with E-state index >= 15 is 0 Å². The van der Waals surface area contributed by atoms with E-state index in [2.05, 4.69) is 15.5 Å². The van der Waals surface area contributed by atoms with Gasteiger partial charge in [-0.15, -0.1) is 0 Å². The first kappa shape index (κ1) is 12.3. The van der Waals surface area contributed by atoms with Gasteiger partial charge in [0.15, 0.2) is 0 Å². The number of rotatable bonds is 4. The molecule has 2 rings (SSSR count). The normalized spacial score (nSPS) is 10.3. The van der Waals surface area contributed by atoms with E-state index in [1.165, 1.54) is 0 Å². The topological polar surface area (TPSA) is 83.8 Å². The van der Waals surface area contributed by atoms with Crippen molar-refractivity contribution in [3.63, 3.8) is 0 Å². The Labute approximate surface area is 105 Å². The van der Waals surface area contributed by atoms with Crippen molar-refractivity contribution in [1.29, 1.82) is 0 Å². The highest BCUT2D eigenvalue weighted by molar-refractivity contribution is 5.92. The molecule has 0 aliphatic heterocycles. The molecule has 94 valence electrons. The van der Waals surface area contributed by atoms with Gasteiger partial charge in [0, 0.05) is 12.1 Å². The number of aromatic amines is 1. The summed E-state index contributed by atoms with van der Waals surface area (Å²) in [5, 5.41) is 9.39.